The molecule has 2 aromatic heterocycles. The van der Waals surface area contributed by atoms with E-state index in [0.29, 0.717) is 11.5 Å². The molecule has 2 heterocycles. The van der Waals surface area contributed by atoms with Gasteiger partial charge < -0.3 is 0 Å². The number of hydrogen-bond acceptors (Lipinski definition) is 3. The number of aromatic nitrogens is 4. The number of hydrogen-bond donors (Lipinski definition) is 2. The number of carbonyl (C=O) groups is 1. The van der Waals surface area contributed by atoms with E-state index >= 15 is 0 Å². The topological polar surface area (TPSA) is 77.7 Å². The van der Waals surface area contributed by atoms with Gasteiger partial charge in [0.15, 0.2) is 0 Å². The summed E-state index contributed by atoms with van der Waals surface area (Å²) >= 11 is 0. The fourth-order valence-electron chi connectivity index (χ4n) is 2.40. The van der Waals surface area contributed by atoms with Gasteiger partial charge in [-0.1, -0.05) is 6.07 Å². The molecule has 0 bridgehead atoms. The maximum Gasteiger partial charge on any atom is 0.416 e. The smallest absolute Gasteiger partial charge is 0.284 e. The van der Waals surface area contributed by atoms with Crippen LogP contribution in [0.5, 0.6) is 0 Å². The van der Waals surface area contributed by atoms with Crippen molar-refractivity contribution >= 4 is 17.4 Å². The van der Waals surface area contributed by atoms with Crippen molar-refractivity contribution in [3.05, 3.63) is 59.5 Å². The standard InChI is InChI=1S/C15H12F3N5O/c1-9-11(3-2-4-12(9)15(16,17)18)14(24)23(10-7-20-21-8-10)13-5-6-19-22-13/h2-8H,1H3,(H,19,22)(H,20,21). The molecule has 0 saturated carbocycles. The summed E-state index contributed by atoms with van der Waals surface area (Å²) < 4.78 is 39.3. The summed E-state index contributed by atoms with van der Waals surface area (Å²) in [5.74, 6) is -0.303. The summed E-state index contributed by atoms with van der Waals surface area (Å²) in [6, 6.07) is 5.05. The zero-order valence-corrected chi connectivity index (χ0v) is 12.4. The van der Waals surface area contributed by atoms with Crippen LogP contribution in [0.1, 0.15) is 21.5 Å². The summed E-state index contributed by atoms with van der Waals surface area (Å²) in [6.45, 7) is 1.27. The number of nitrogens with one attached hydrogen (secondary N) is 2. The molecule has 2 N–H and O–H groups in total. The molecule has 0 atom stereocenters. The van der Waals surface area contributed by atoms with Gasteiger partial charge >= 0.3 is 6.18 Å². The van der Waals surface area contributed by atoms with E-state index in [4.69, 9.17) is 0 Å². The number of H-pyrrole nitrogens is 2. The lowest BCUT2D eigenvalue weighted by Gasteiger charge is -2.21. The Morgan fingerprint density at radius 2 is 2.00 bits per heavy atom. The van der Waals surface area contributed by atoms with E-state index in [1.54, 1.807) is 0 Å². The molecular formula is C15H12F3N5O. The number of benzene rings is 1. The Kier molecular flexibility index (Phi) is 3.84. The molecule has 6 nitrogen and oxygen atoms in total. The molecule has 3 aromatic rings. The maximum absolute atomic E-state index is 13.1. The van der Waals surface area contributed by atoms with E-state index in [0.717, 1.165) is 6.07 Å². The first-order chi connectivity index (χ1) is 11.4. The van der Waals surface area contributed by atoms with Crippen molar-refractivity contribution in [1.82, 2.24) is 20.4 Å². The van der Waals surface area contributed by atoms with Gasteiger partial charge in [0, 0.05) is 17.8 Å². The van der Waals surface area contributed by atoms with Gasteiger partial charge in [0.25, 0.3) is 5.91 Å². The number of alkyl halides is 3. The maximum atomic E-state index is 13.1. The molecule has 0 unspecified atom stereocenters. The summed E-state index contributed by atoms with van der Waals surface area (Å²) in [7, 11) is 0. The Morgan fingerprint density at radius 1 is 1.21 bits per heavy atom. The SMILES string of the molecule is Cc1c(C(=O)N(c2cn[nH]c2)c2ccn[nH]2)cccc1C(F)(F)F. The van der Waals surface area contributed by atoms with E-state index in [1.807, 2.05) is 0 Å². The average Bonchev–Trinajstić information content (AvgIpc) is 3.20. The Morgan fingerprint density at radius 3 is 2.58 bits per heavy atom. The first-order valence-electron chi connectivity index (χ1n) is 6.89. The first kappa shape index (κ1) is 15.8. The zero-order valence-electron chi connectivity index (χ0n) is 12.4. The number of aromatic amines is 2. The molecule has 124 valence electrons. The van der Waals surface area contributed by atoms with Crippen molar-refractivity contribution in [3.8, 4) is 0 Å². The van der Waals surface area contributed by atoms with Crippen molar-refractivity contribution in [2.45, 2.75) is 13.1 Å². The zero-order chi connectivity index (χ0) is 17.3. The van der Waals surface area contributed by atoms with Crippen LogP contribution in [0.2, 0.25) is 0 Å². The number of amides is 1. The second kappa shape index (κ2) is 5.84. The lowest BCUT2D eigenvalue weighted by atomic mass is 10.0. The lowest BCUT2D eigenvalue weighted by Crippen LogP contribution is -2.27. The molecule has 0 aliphatic carbocycles. The Bertz CT molecular complexity index is 806. The molecule has 0 aliphatic rings. The van der Waals surface area contributed by atoms with E-state index in [2.05, 4.69) is 20.4 Å². The highest BCUT2D eigenvalue weighted by molar-refractivity contribution is 6.11. The molecule has 9 heteroatoms. The molecule has 0 fully saturated rings. The fourth-order valence-corrected chi connectivity index (χ4v) is 2.40. The summed E-state index contributed by atoms with van der Waals surface area (Å²) in [6.07, 6.45) is -0.243. The molecular weight excluding hydrogens is 323 g/mol. The highest BCUT2D eigenvalue weighted by atomic mass is 19.4. The van der Waals surface area contributed by atoms with Crippen LogP contribution in [0, 0.1) is 6.92 Å². The molecule has 3 rings (SSSR count). The second-order valence-corrected chi connectivity index (χ2v) is 5.01. The van der Waals surface area contributed by atoms with E-state index in [-0.39, 0.29) is 11.1 Å². The Labute approximate surface area is 134 Å². The number of nitrogens with zero attached hydrogens (tertiary/aromatic N) is 3. The van der Waals surface area contributed by atoms with E-state index in [1.165, 1.54) is 48.6 Å². The average molecular weight is 335 g/mol. The normalized spacial score (nSPS) is 11.5. The van der Waals surface area contributed by atoms with Gasteiger partial charge in [0.2, 0.25) is 0 Å². The van der Waals surface area contributed by atoms with Crippen molar-refractivity contribution in [3.63, 3.8) is 0 Å². The molecule has 0 saturated heterocycles. The fraction of sp³-hybridized carbons (Fsp3) is 0.133. The molecule has 1 amide bonds. The molecule has 0 aliphatic heterocycles. The third-order valence-corrected chi connectivity index (χ3v) is 3.54. The van der Waals surface area contributed by atoms with Crippen LogP contribution >= 0.6 is 0 Å². The largest absolute Gasteiger partial charge is 0.416 e. The predicted molar refractivity (Wildman–Crippen MR) is 79.8 cm³/mol. The minimum Gasteiger partial charge on any atom is -0.284 e. The van der Waals surface area contributed by atoms with Crippen LogP contribution in [0.4, 0.5) is 24.7 Å². The number of anilines is 2. The predicted octanol–water partition coefficient (Wildman–Crippen LogP) is 3.44. The van der Waals surface area contributed by atoms with Crippen LogP contribution in [0.15, 0.2) is 42.9 Å². The van der Waals surface area contributed by atoms with Gasteiger partial charge in [-0.2, -0.15) is 23.4 Å². The second-order valence-electron chi connectivity index (χ2n) is 5.01. The minimum absolute atomic E-state index is 0.0550. The highest BCUT2D eigenvalue weighted by Crippen LogP contribution is 2.34. The van der Waals surface area contributed by atoms with Crippen LogP contribution in [-0.2, 0) is 6.18 Å². The highest BCUT2D eigenvalue weighted by Gasteiger charge is 2.34. The van der Waals surface area contributed by atoms with Crippen molar-refractivity contribution in [2.75, 3.05) is 4.90 Å². The van der Waals surface area contributed by atoms with Crippen molar-refractivity contribution in [1.29, 1.82) is 0 Å². The molecule has 0 spiro atoms. The van der Waals surface area contributed by atoms with Gasteiger partial charge in [-0.15, -0.1) is 0 Å². The molecule has 0 radical (unpaired) electrons. The third kappa shape index (κ3) is 2.75. The van der Waals surface area contributed by atoms with Crippen LogP contribution in [0.25, 0.3) is 0 Å². The summed E-state index contributed by atoms with van der Waals surface area (Å²) in [4.78, 5) is 14.1. The molecule has 24 heavy (non-hydrogen) atoms. The minimum atomic E-state index is -4.53. The number of halogens is 3. The molecule has 1 aromatic carbocycles. The summed E-state index contributed by atoms with van der Waals surface area (Å²) in [5.41, 5.74) is -0.658. The van der Waals surface area contributed by atoms with Gasteiger partial charge in [-0.25, -0.2) is 0 Å². The van der Waals surface area contributed by atoms with Crippen LogP contribution < -0.4 is 4.90 Å². The van der Waals surface area contributed by atoms with Crippen LogP contribution in [0.3, 0.4) is 0 Å². The number of carbonyl (C=O) groups excluding carboxylic acids is 1. The van der Waals surface area contributed by atoms with Gasteiger partial charge in [-0.3, -0.25) is 19.9 Å². The quantitative estimate of drug-likeness (QED) is 0.770. The lowest BCUT2D eigenvalue weighted by molar-refractivity contribution is -0.138. The van der Waals surface area contributed by atoms with E-state index in [9.17, 15) is 18.0 Å². The Hall–Kier alpha value is -3.10. The first-order valence-corrected chi connectivity index (χ1v) is 6.89. The third-order valence-electron chi connectivity index (χ3n) is 3.54. The monoisotopic (exact) mass is 335 g/mol. The van der Waals surface area contributed by atoms with Gasteiger partial charge in [0.1, 0.15) is 5.82 Å². The van der Waals surface area contributed by atoms with Gasteiger partial charge in [-0.05, 0) is 24.6 Å². The summed E-state index contributed by atoms with van der Waals surface area (Å²) in [5, 5.41) is 12.8. The van der Waals surface area contributed by atoms with Crippen molar-refractivity contribution < 1.29 is 18.0 Å². The van der Waals surface area contributed by atoms with E-state index < -0.39 is 17.6 Å². The number of rotatable bonds is 3. The Balaban J connectivity index is 2.10. The van der Waals surface area contributed by atoms with Gasteiger partial charge in [0.05, 0.1) is 23.6 Å². The van der Waals surface area contributed by atoms with Crippen molar-refractivity contribution in [2.24, 2.45) is 0 Å². The van der Waals surface area contributed by atoms with Crippen LogP contribution in [-0.4, -0.2) is 26.3 Å².